The molecule has 0 unspecified atom stereocenters. The fourth-order valence-electron chi connectivity index (χ4n) is 1.53. The van der Waals surface area contributed by atoms with Gasteiger partial charge in [0.1, 0.15) is 0 Å². The third-order valence-electron chi connectivity index (χ3n) is 2.44. The van der Waals surface area contributed by atoms with Crippen molar-refractivity contribution >= 4 is 17.5 Å². The quantitative estimate of drug-likeness (QED) is 0.275. The maximum absolute atomic E-state index is 13.7. The van der Waals surface area contributed by atoms with Gasteiger partial charge in [0.2, 0.25) is 0 Å². The second-order valence-corrected chi connectivity index (χ2v) is 3.88. The summed E-state index contributed by atoms with van der Waals surface area (Å²) < 4.78 is 62.3. The molecule has 0 heterocycles. The third-order valence-corrected chi connectivity index (χ3v) is 2.44. The maximum Gasteiger partial charge on any atom is 0.339 e. The van der Waals surface area contributed by atoms with Crippen molar-refractivity contribution in [3.05, 3.63) is 41.0 Å². The molecule has 0 aromatic heterocycles. The van der Waals surface area contributed by atoms with E-state index in [1.807, 2.05) is 0 Å². The first-order chi connectivity index (χ1) is 10.3. The molecule has 0 atom stereocenters. The van der Waals surface area contributed by atoms with Crippen molar-refractivity contribution in [2.75, 3.05) is 13.2 Å². The Kier molecular flexibility index (Phi) is 6.09. The van der Waals surface area contributed by atoms with Crippen LogP contribution in [-0.2, 0) is 19.1 Å². The predicted molar refractivity (Wildman–Crippen MR) is 67.5 cm³/mol. The van der Waals surface area contributed by atoms with Gasteiger partial charge in [-0.05, 0) is 19.9 Å². The summed E-state index contributed by atoms with van der Waals surface area (Å²) in [5.74, 6) is -9.92. The highest BCUT2D eigenvalue weighted by atomic mass is 19.2. The zero-order valence-corrected chi connectivity index (χ0v) is 11.7. The van der Waals surface area contributed by atoms with E-state index >= 15 is 0 Å². The topological polar surface area (TPSA) is 52.6 Å². The van der Waals surface area contributed by atoms with Crippen LogP contribution in [0.1, 0.15) is 19.4 Å². The normalized spacial score (nSPS) is 11.3. The van der Waals surface area contributed by atoms with Crippen molar-refractivity contribution in [3.63, 3.8) is 0 Å². The summed E-state index contributed by atoms with van der Waals surface area (Å²) >= 11 is 0. The van der Waals surface area contributed by atoms with Crippen LogP contribution in [-0.4, -0.2) is 25.2 Å². The molecule has 4 nitrogen and oxygen atoms in total. The number of benzene rings is 1. The van der Waals surface area contributed by atoms with Crippen LogP contribution >= 0.6 is 0 Å². The average Bonchev–Trinajstić information content (AvgIpc) is 2.47. The van der Waals surface area contributed by atoms with Crippen LogP contribution in [0.25, 0.3) is 5.57 Å². The highest BCUT2D eigenvalue weighted by Gasteiger charge is 2.25. The molecule has 1 aromatic rings. The third kappa shape index (κ3) is 3.84. The van der Waals surface area contributed by atoms with Crippen molar-refractivity contribution in [2.24, 2.45) is 0 Å². The van der Waals surface area contributed by atoms with E-state index < -0.39 is 46.3 Å². The molecule has 0 saturated heterocycles. The number of esters is 2. The van der Waals surface area contributed by atoms with Gasteiger partial charge in [0.15, 0.2) is 23.3 Å². The number of carbonyl (C=O) groups excluding carboxylic acids is 2. The minimum absolute atomic E-state index is 0.0416. The lowest BCUT2D eigenvalue weighted by Crippen LogP contribution is -2.13. The van der Waals surface area contributed by atoms with E-state index in [0.717, 1.165) is 0 Å². The lowest BCUT2D eigenvalue weighted by atomic mass is 10.0. The van der Waals surface area contributed by atoms with E-state index in [-0.39, 0.29) is 19.3 Å². The molecule has 0 bridgehead atoms. The highest BCUT2D eigenvalue weighted by molar-refractivity contribution is 6.20. The van der Waals surface area contributed by atoms with E-state index in [4.69, 9.17) is 0 Å². The largest absolute Gasteiger partial charge is 0.463 e. The van der Waals surface area contributed by atoms with Crippen LogP contribution in [0.5, 0.6) is 0 Å². The summed E-state index contributed by atoms with van der Waals surface area (Å²) in [5.41, 5.74) is -1.72. The van der Waals surface area contributed by atoms with Crippen molar-refractivity contribution in [2.45, 2.75) is 13.8 Å². The lowest BCUT2D eigenvalue weighted by Gasteiger charge is -2.10. The molecule has 0 aliphatic carbocycles. The van der Waals surface area contributed by atoms with E-state index in [1.54, 1.807) is 0 Å². The van der Waals surface area contributed by atoms with Gasteiger partial charge in [-0.1, -0.05) is 0 Å². The zero-order chi connectivity index (χ0) is 16.9. The Bertz CT molecular complexity index is 626. The molecule has 0 fully saturated rings. The first-order valence-electron chi connectivity index (χ1n) is 6.22. The Balaban J connectivity index is 3.46. The molecule has 0 spiro atoms. The van der Waals surface area contributed by atoms with E-state index in [1.165, 1.54) is 13.8 Å². The van der Waals surface area contributed by atoms with Crippen molar-refractivity contribution in [3.8, 4) is 0 Å². The van der Waals surface area contributed by atoms with Crippen LogP contribution < -0.4 is 0 Å². The van der Waals surface area contributed by atoms with Gasteiger partial charge >= 0.3 is 11.9 Å². The van der Waals surface area contributed by atoms with E-state index in [2.05, 4.69) is 9.47 Å². The predicted octanol–water partition coefficient (Wildman–Crippen LogP) is 2.75. The Hall–Kier alpha value is -2.38. The highest BCUT2D eigenvalue weighted by Crippen LogP contribution is 2.25. The molecule has 120 valence electrons. The van der Waals surface area contributed by atoms with Gasteiger partial charge in [0.25, 0.3) is 0 Å². The zero-order valence-electron chi connectivity index (χ0n) is 11.7. The van der Waals surface area contributed by atoms with Crippen molar-refractivity contribution < 1.29 is 36.6 Å². The molecular formula is C14H12F4O4. The van der Waals surface area contributed by atoms with Crippen LogP contribution in [0.15, 0.2) is 12.1 Å². The van der Waals surface area contributed by atoms with Gasteiger partial charge in [0.05, 0.1) is 18.8 Å². The summed E-state index contributed by atoms with van der Waals surface area (Å²) in [6, 6.07) is 0.260. The Labute approximate surface area is 123 Å². The fourth-order valence-corrected chi connectivity index (χ4v) is 1.53. The number of halogens is 4. The van der Waals surface area contributed by atoms with Gasteiger partial charge in [0, 0.05) is 11.6 Å². The van der Waals surface area contributed by atoms with Crippen LogP contribution in [0.3, 0.4) is 0 Å². The summed E-state index contributed by atoms with van der Waals surface area (Å²) in [6.45, 7) is 2.74. The van der Waals surface area contributed by atoms with E-state index in [9.17, 15) is 27.2 Å². The molecule has 0 N–H and O–H groups in total. The number of ether oxygens (including phenoxy) is 2. The number of hydrogen-bond donors (Lipinski definition) is 0. The standard InChI is InChI=1S/C14H12F4O4/c1-3-21-10(19)6-8(14(20)22-4-2)7-5-9(15)12(17)13(18)11(7)16/h5-6H,3-4H2,1-2H3/b8-6-. The summed E-state index contributed by atoms with van der Waals surface area (Å²) in [6.07, 6.45) is 0.524. The molecule has 0 aliphatic heterocycles. The van der Waals surface area contributed by atoms with Crippen LogP contribution in [0.4, 0.5) is 17.6 Å². The molecule has 8 heteroatoms. The molecule has 22 heavy (non-hydrogen) atoms. The molecular weight excluding hydrogens is 308 g/mol. The smallest absolute Gasteiger partial charge is 0.339 e. The Morgan fingerprint density at radius 3 is 2.14 bits per heavy atom. The Morgan fingerprint density at radius 2 is 1.59 bits per heavy atom. The lowest BCUT2D eigenvalue weighted by molar-refractivity contribution is -0.139. The minimum atomic E-state index is -2.10. The van der Waals surface area contributed by atoms with Gasteiger partial charge in [-0.3, -0.25) is 0 Å². The summed E-state index contributed by atoms with van der Waals surface area (Å²) in [5, 5.41) is 0. The SMILES string of the molecule is CCOC(=O)/C=C(\C(=O)OCC)c1cc(F)c(F)c(F)c1F. The molecule has 0 saturated carbocycles. The monoisotopic (exact) mass is 320 g/mol. The Morgan fingerprint density at radius 1 is 1.00 bits per heavy atom. The summed E-state index contributed by atoms with van der Waals surface area (Å²) in [4.78, 5) is 23.1. The maximum atomic E-state index is 13.7. The second kappa shape index (κ2) is 7.58. The van der Waals surface area contributed by atoms with E-state index in [0.29, 0.717) is 6.08 Å². The first kappa shape index (κ1) is 17.7. The molecule has 0 radical (unpaired) electrons. The van der Waals surface area contributed by atoms with Crippen molar-refractivity contribution in [1.82, 2.24) is 0 Å². The van der Waals surface area contributed by atoms with Gasteiger partial charge in [-0.25, -0.2) is 27.2 Å². The van der Waals surface area contributed by atoms with Gasteiger partial charge < -0.3 is 9.47 Å². The van der Waals surface area contributed by atoms with Gasteiger partial charge in [-0.15, -0.1) is 0 Å². The van der Waals surface area contributed by atoms with Crippen LogP contribution in [0.2, 0.25) is 0 Å². The molecule has 1 rings (SSSR count). The number of rotatable bonds is 5. The number of carbonyl (C=O) groups is 2. The molecule has 1 aromatic carbocycles. The fraction of sp³-hybridized carbons (Fsp3) is 0.286. The summed E-state index contributed by atoms with van der Waals surface area (Å²) in [7, 11) is 0. The molecule has 0 amide bonds. The van der Waals surface area contributed by atoms with Gasteiger partial charge in [-0.2, -0.15) is 0 Å². The van der Waals surface area contributed by atoms with Crippen LogP contribution in [0, 0.1) is 23.3 Å². The second-order valence-electron chi connectivity index (χ2n) is 3.88. The van der Waals surface area contributed by atoms with Crippen molar-refractivity contribution in [1.29, 1.82) is 0 Å². The molecule has 0 aliphatic rings. The minimum Gasteiger partial charge on any atom is -0.463 e. The average molecular weight is 320 g/mol. The first-order valence-corrected chi connectivity index (χ1v) is 6.22. The number of hydrogen-bond acceptors (Lipinski definition) is 4.